The van der Waals surface area contributed by atoms with E-state index < -0.39 is 0 Å². The molecule has 31 heavy (non-hydrogen) atoms. The van der Waals surface area contributed by atoms with E-state index in [-0.39, 0.29) is 16.9 Å². The van der Waals surface area contributed by atoms with Crippen molar-refractivity contribution < 1.29 is 4.79 Å². The maximum absolute atomic E-state index is 11.9. The highest BCUT2D eigenvalue weighted by atomic mass is 32.1. The van der Waals surface area contributed by atoms with Crippen molar-refractivity contribution in [3.05, 3.63) is 42.0 Å². The van der Waals surface area contributed by atoms with Gasteiger partial charge in [-0.25, -0.2) is 0 Å². The molecule has 0 radical (unpaired) electrons. The van der Waals surface area contributed by atoms with Gasteiger partial charge < -0.3 is 15.5 Å². The van der Waals surface area contributed by atoms with Gasteiger partial charge in [0.05, 0.1) is 5.69 Å². The molecule has 0 saturated heterocycles. The number of carbonyl (C=O) groups is 1. The molecule has 0 bridgehead atoms. The number of aryl methyl sites for hydroxylation is 1. The number of aromatic nitrogens is 3. The minimum absolute atomic E-state index is 0.0923. The highest BCUT2D eigenvalue weighted by molar-refractivity contribution is 7.80. The molecule has 0 aliphatic heterocycles. The molecule has 0 spiro atoms. The van der Waals surface area contributed by atoms with E-state index in [0.29, 0.717) is 6.42 Å². The summed E-state index contributed by atoms with van der Waals surface area (Å²) in [6.45, 7) is 12.2. The van der Waals surface area contributed by atoms with E-state index in [9.17, 15) is 4.79 Å². The van der Waals surface area contributed by atoms with Gasteiger partial charge in [-0.05, 0) is 80.9 Å². The molecular weight excluding hydrogens is 408 g/mol. The number of fused-ring (bicyclic) bond motifs is 1. The molecule has 3 aromatic rings. The third-order valence-corrected chi connectivity index (χ3v) is 5.23. The van der Waals surface area contributed by atoms with Gasteiger partial charge in [-0.3, -0.25) is 4.79 Å². The molecule has 0 atom stereocenters. The van der Waals surface area contributed by atoms with Crippen molar-refractivity contribution in [1.82, 2.24) is 20.3 Å². The fourth-order valence-electron chi connectivity index (χ4n) is 3.41. The van der Waals surface area contributed by atoms with Crippen LogP contribution < -0.4 is 15.5 Å². The van der Waals surface area contributed by atoms with Gasteiger partial charge in [0.25, 0.3) is 0 Å². The molecular formula is C23H30N6OS. The first-order chi connectivity index (χ1) is 14.8. The molecule has 0 aliphatic rings. The van der Waals surface area contributed by atoms with Gasteiger partial charge in [0.15, 0.2) is 5.11 Å². The predicted octanol–water partition coefficient (Wildman–Crippen LogP) is 4.43. The fourth-order valence-corrected chi connectivity index (χ4v) is 3.63. The van der Waals surface area contributed by atoms with Gasteiger partial charge in [-0.2, -0.15) is 4.80 Å². The number of amides is 1. The van der Waals surface area contributed by atoms with Crippen molar-refractivity contribution in [2.75, 3.05) is 23.3 Å². The van der Waals surface area contributed by atoms with E-state index in [2.05, 4.69) is 51.7 Å². The number of carbonyl (C=O) groups excluding carboxylic acids is 1. The maximum atomic E-state index is 11.9. The molecule has 164 valence electrons. The zero-order chi connectivity index (χ0) is 22.5. The van der Waals surface area contributed by atoms with Crippen LogP contribution in [0.3, 0.4) is 0 Å². The SMILES string of the molecule is CCN(CC)c1ccc(-n2nc3cc(C)c(NC(=S)NC(=O)CC(C)C)cc3n2)cc1. The highest BCUT2D eigenvalue weighted by Crippen LogP contribution is 2.23. The first kappa shape index (κ1) is 22.7. The van der Waals surface area contributed by atoms with E-state index in [1.165, 1.54) is 5.69 Å². The molecule has 2 N–H and O–H groups in total. The summed E-state index contributed by atoms with van der Waals surface area (Å²) < 4.78 is 0. The van der Waals surface area contributed by atoms with Crippen molar-refractivity contribution in [2.45, 2.75) is 41.0 Å². The van der Waals surface area contributed by atoms with Crippen LogP contribution in [0.4, 0.5) is 11.4 Å². The fraction of sp³-hybridized carbons (Fsp3) is 0.391. The van der Waals surface area contributed by atoms with Crippen LogP contribution in [-0.4, -0.2) is 39.1 Å². The minimum Gasteiger partial charge on any atom is -0.372 e. The van der Waals surface area contributed by atoms with Gasteiger partial charge in [0.1, 0.15) is 11.0 Å². The normalized spacial score (nSPS) is 11.0. The van der Waals surface area contributed by atoms with Gasteiger partial charge in [-0.1, -0.05) is 13.8 Å². The Morgan fingerprint density at radius 3 is 2.29 bits per heavy atom. The zero-order valence-corrected chi connectivity index (χ0v) is 19.6. The van der Waals surface area contributed by atoms with Gasteiger partial charge in [-0.15, -0.1) is 10.2 Å². The quantitative estimate of drug-likeness (QED) is 0.532. The third kappa shape index (κ3) is 5.58. The number of hydrogen-bond acceptors (Lipinski definition) is 5. The molecule has 3 rings (SSSR count). The van der Waals surface area contributed by atoms with Crippen molar-refractivity contribution >= 4 is 45.6 Å². The highest BCUT2D eigenvalue weighted by Gasteiger charge is 2.12. The topological polar surface area (TPSA) is 75.1 Å². The van der Waals surface area contributed by atoms with Gasteiger partial charge in [0, 0.05) is 30.9 Å². The number of anilines is 2. The summed E-state index contributed by atoms with van der Waals surface area (Å²) in [6.07, 6.45) is 0.432. The number of nitrogens with zero attached hydrogens (tertiary/aromatic N) is 4. The Morgan fingerprint density at radius 2 is 1.71 bits per heavy atom. The molecule has 7 nitrogen and oxygen atoms in total. The summed E-state index contributed by atoms with van der Waals surface area (Å²) in [4.78, 5) is 15.9. The summed E-state index contributed by atoms with van der Waals surface area (Å²) in [5.41, 5.74) is 5.39. The van der Waals surface area contributed by atoms with Crippen LogP contribution in [0.2, 0.25) is 0 Å². The molecule has 1 amide bonds. The van der Waals surface area contributed by atoms with E-state index in [1.807, 2.05) is 45.0 Å². The Balaban J connectivity index is 1.79. The lowest BCUT2D eigenvalue weighted by Crippen LogP contribution is -2.34. The maximum Gasteiger partial charge on any atom is 0.226 e. The lowest BCUT2D eigenvalue weighted by molar-refractivity contribution is -0.120. The first-order valence-corrected chi connectivity index (χ1v) is 11.1. The Kier molecular flexibility index (Phi) is 7.22. The molecule has 0 unspecified atom stereocenters. The van der Waals surface area contributed by atoms with Crippen molar-refractivity contribution in [1.29, 1.82) is 0 Å². The van der Waals surface area contributed by atoms with Crippen LogP contribution in [-0.2, 0) is 4.79 Å². The average Bonchev–Trinajstić information content (AvgIpc) is 3.11. The third-order valence-electron chi connectivity index (χ3n) is 5.03. The van der Waals surface area contributed by atoms with Crippen LogP contribution in [0.15, 0.2) is 36.4 Å². The average molecular weight is 439 g/mol. The molecule has 8 heteroatoms. The Bertz CT molecular complexity index is 1070. The Morgan fingerprint density at radius 1 is 1.10 bits per heavy atom. The van der Waals surface area contributed by atoms with E-state index in [0.717, 1.165) is 41.1 Å². The monoisotopic (exact) mass is 438 g/mol. The standard InChI is InChI=1S/C23H30N6OS/c1-6-28(7-2)17-8-10-18(11-9-17)29-26-20-13-16(5)19(14-21(20)27-29)24-23(31)25-22(30)12-15(3)4/h8-11,13-15H,6-7,12H2,1-5H3,(H2,24,25,30,31). The van der Waals surface area contributed by atoms with Crippen LogP contribution in [0.1, 0.15) is 39.7 Å². The van der Waals surface area contributed by atoms with E-state index >= 15 is 0 Å². The summed E-state index contributed by atoms with van der Waals surface area (Å²) in [7, 11) is 0. The molecule has 2 aromatic carbocycles. The number of thiocarbonyl (C=S) groups is 1. The predicted molar refractivity (Wildman–Crippen MR) is 131 cm³/mol. The van der Waals surface area contributed by atoms with Gasteiger partial charge in [0.2, 0.25) is 5.91 Å². The molecule has 0 fully saturated rings. The Hall–Kier alpha value is -3.00. The summed E-state index contributed by atoms with van der Waals surface area (Å²) in [5, 5.41) is 15.4. The second-order valence-electron chi connectivity index (χ2n) is 7.93. The van der Waals surface area contributed by atoms with Crippen LogP contribution in [0, 0.1) is 12.8 Å². The second kappa shape index (κ2) is 9.87. The van der Waals surface area contributed by atoms with Crippen molar-refractivity contribution in [2.24, 2.45) is 5.92 Å². The van der Waals surface area contributed by atoms with Crippen molar-refractivity contribution in [3.8, 4) is 5.69 Å². The first-order valence-electron chi connectivity index (χ1n) is 10.6. The largest absolute Gasteiger partial charge is 0.372 e. The molecule has 1 aromatic heterocycles. The van der Waals surface area contributed by atoms with Crippen LogP contribution in [0.5, 0.6) is 0 Å². The summed E-state index contributed by atoms with van der Waals surface area (Å²) in [6, 6.07) is 12.1. The molecule has 0 saturated carbocycles. The van der Waals surface area contributed by atoms with Gasteiger partial charge >= 0.3 is 0 Å². The zero-order valence-electron chi connectivity index (χ0n) is 18.8. The van der Waals surface area contributed by atoms with E-state index in [1.54, 1.807) is 4.80 Å². The lowest BCUT2D eigenvalue weighted by Gasteiger charge is -2.20. The van der Waals surface area contributed by atoms with Crippen LogP contribution in [0.25, 0.3) is 16.7 Å². The number of benzene rings is 2. The summed E-state index contributed by atoms with van der Waals surface area (Å²) >= 11 is 5.29. The molecule has 1 heterocycles. The van der Waals surface area contributed by atoms with Crippen LogP contribution >= 0.6 is 12.2 Å². The number of rotatable bonds is 7. The Labute approximate surface area is 188 Å². The lowest BCUT2D eigenvalue weighted by atomic mass is 10.1. The summed E-state index contributed by atoms with van der Waals surface area (Å²) in [5.74, 6) is 0.183. The smallest absolute Gasteiger partial charge is 0.226 e. The second-order valence-corrected chi connectivity index (χ2v) is 8.34. The number of nitrogens with one attached hydrogen (secondary N) is 2. The van der Waals surface area contributed by atoms with Crippen molar-refractivity contribution in [3.63, 3.8) is 0 Å². The van der Waals surface area contributed by atoms with E-state index in [4.69, 9.17) is 12.2 Å². The minimum atomic E-state index is -0.0923. The molecule has 0 aliphatic carbocycles. The number of hydrogen-bond donors (Lipinski definition) is 2.